The second-order valence-corrected chi connectivity index (χ2v) is 5.54. The molecule has 3 aromatic rings. The van der Waals surface area contributed by atoms with Crippen LogP contribution in [0.4, 0.5) is 23.4 Å². The molecule has 1 amide bonds. The van der Waals surface area contributed by atoms with Crippen molar-refractivity contribution in [3.05, 3.63) is 58.3 Å². The Labute approximate surface area is 142 Å². The van der Waals surface area contributed by atoms with Crippen LogP contribution in [0.25, 0.3) is 11.3 Å². The monoisotopic (exact) mass is 368 g/mol. The normalized spacial score (nSPS) is 11.4. The highest BCUT2D eigenvalue weighted by atomic mass is 32.1. The van der Waals surface area contributed by atoms with Crippen molar-refractivity contribution < 1.29 is 22.4 Å². The van der Waals surface area contributed by atoms with Crippen molar-refractivity contribution in [3.8, 4) is 11.3 Å². The van der Waals surface area contributed by atoms with Gasteiger partial charge in [0.15, 0.2) is 5.82 Å². The number of hydrogen-bond acceptors (Lipinski definition) is 5. The van der Waals surface area contributed by atoms with Crippen LogP contribution in [-0.4, -0.2) is 21.1 Å². The largest absolute Gasteiger partial charge is 0.416 e. The number of alkyl halides is 3. The Balaban J connectivity index is 1.80. The number of benzene rings is 1. The molecule has 2 aromatic heterocycles. The van der Waals surface area contributed by atoms with Gasteiger partial charge in [-0.05, 0) is 30.3 Å². The van der Waals surface area contributed by atoms with Gasteiger partial charge in [-0.2, -0.15) is 13.2 Å². The van der Waals surface area contributed by atoms with E-state index in [1.54, 1.807) is 5.38 Å². The van der Waals surface area contributed by atoms with Gasteiger partial charge < -0.3 is 5.32 Å². The molecule has 0 aliphatic heterocycles. The fourth-order valence-electron chi connectivity index (χ4n) is 1.95. The average Bonchev–Trinajstić information content (AvgIpc) is 3.09. The van der Waals surface area contributed by atoms with E-state index in [1.807, 2.05) is 0 Å². The van der Waals surface area contributed by atoms with Crippen LogP contribution < -0.4 is 5.32 Å². The number of hydrogen-bond donors (Lipinski definition) is 1. The minimum atomic E-state index is -4.63. The highest BCUT2D eigenvalue weighted by Gasteiger charge is 2.31. The molecule has 5 nitrogen and oxygen atoms in total. The molecule has 0 radical (unpaired) electrons. The maximum absolute atomic E-state index is 13.9. The van der Waals surface area contributed by atoms with Crippen LogP contribution >= 0.6 is 11.3 Å². The van der Waals surface area contributed by atoms with Crippen LogP contribution in [0.15, 0.2) is 41.2 Å². The maximum Gasteiger partial charge on any atom is 0.416 e. The first-order chi connectivity index (χ1) is 11.8. The molecular formula is C15H8F4N4OS. The van der Waals surface area contributed by atoms with E-state index < -0.39 is 23.5 Å². The Hall–Kier alpha value is -2.88. The van der Waals surface area contributed by atoms with Crippen LogP contribution in [0.3, 0.4) is 0 Å². The van der Waals surface area contributed by atoms with Crippen molar-refractivity contribution in [2.45, 2.75) is 6.18 Å². The first kappa shape index (κ1) is 17.0. The van der Waals surface area contributed by atoms with Crippen molar-refractivity contribution in [1.29, 1.82) is 0 Å². The van der Waals surface area contributed by atoms with Gasteiger partial charge in [-0.3, -0.25) is 4.79 Å². The van der Waals surface area contributed by atoms with Crippen LogP contribution in [0.2, 0.25) is 0 Å². The summed E-state index contributed by atoms with van der Waals surface area (Å²) in [5, 5.41) is 11.5. The van der Waals surface area contributed by atoms with E-state index in [0.717, 1.165) is 12.1 Å². The Morgan fingerprint density at radius 2 is 1.92 bits per heavy atom. The predicted octanol–water partition coefficient (Wildman–Crippen LogP) is 4.01. The number of halogens is 4. The van der Waals surface area contributed by atoms with Gasteiger partial charge in [0.05, 0.1) is 16.8 Å². The Morgan fingerprint density at radius 1 is 1.12 bits per heavy atom. The van der Waals surface area contributed by atoms with Gasteiger partial charge in [-0.1, -0.05) is 0 Å². The van der Waals surface area contributed by atoms with E-state index in [1.165, 1.54) is 29.0 Å². The number of carbonyl (C=O) groups is 1. The summed E-state index contributed by atoms with van der Waals surface area (Å²) in [6.07, 6.45) is -4.63. The molecule has 0 spiro atoms. The lowest BCUT2D eigenvalue weighted by atomic mass is 10.1. The van der Waals surface area contributed by atoms with Crippen molar-refractivity contribution >= 4 is 23.1 Å². The molecule has 10 heteroatoms. The number of amides is 1. The summed E-state index contributed by atoms with van der Waals surface area (Å²) in [7, 11) is 0. The molecule has 1 N–H and O–H groups in total. The lowest BCUT2D eigenvalue weighted by molar-refractivity contribution is -0.137. The van der Waals surface area contributed by atoms with E-state index >= 15 is 0 Å². The number of rotatable bonds is 3. The lowest BCUT2D eigenvalue weighted by Gasteiger charge is -2.09. The standard InChI is InChI=1S/C15H8F4N4OS/c16-10-5-8(15(17,18)19)1-2-9(10)11-3-4-13(23-22-11)21-14(24)12-6-25-7-20-12/h1-7H,(H,21,23,24). The second-order valence-electron chi connectivity index (χ2n) is 4.82. The first-order valence-electron chi connectivity index (χ1n) is 6.75. The zero-order chi connectivity index (χ0) is 18.0. The Kier molecular flexibility index (Phi) is 4.45. The first-order valence-corrected chi connectivity index (χ1v) is 7.69. The van der Waals surface area contributed by atoms with Crippen LogP contribution in [0.1, 0.15) is 16.1 Å². The third kappa shape index (κ3) is 3.79. The SMILES string of the molecule is O=C(Nc1ccc(-c2ccc(C(F)(F)F)cc2F)nn1)c1cscn1. The van der Waals surface area contributed by atoms with Gasteiger partial charge in [-0.25, -0.2) is 9.37 Å². The number of nitrogens with one attached hydrogen (secondary N) is 1. The lowest BCUT2D eigenvalue weighted by Crippen LogP contribution is -2.13. The summed E-state index contributed by atoms with van der Waals surface area (Å²) in [5.41, 5.74) is 0.533. The highest BCUT2D eigenvalue weighted by Crippen LogP contribution is 2.32. The summed E-state index contributed by atoms with van der Waals surface area (Å²) in [4.78, 5) is 15.6. The van der Waals surface area contributed by atoms with Crippen LogP contribution in [0, 0.1) is 5.82 Å². The van der Waals surface area contributed by atoms with E-state index in [-0.39, 0.29) is 22.8 Å². The number of aromatic nitrogens is 3. The molecule has 0 aliphatic rings. The van der Waals surface area contributed by atoms with E-state index in [4.69, 9.17) is 0 Å². The van der Waals surface area contributed by atoms with Crippen molar-refractivity contribution in [1.82, 2.24) is 15.2 Å². The minimum absolute atomic E-state index is 0.0397. The quantitative estimate of drug-likeness (QED) is 0.710. The van der Waals surface area contributed by atoms with Crippen molar-refractivity contribution in [2.24, 2.45) is 0 Å². The zero-order valence-electron chi connectivity index (χ0n) is 12.2. The summed E-state index contributed by atoms with van der Waals surface area (Å²) in [6.45, 7) is 0. The van der Waals surface area contributed by atoms with Crippen molar-refractivity contribution in [3.63, 3.8) is 0 Å². The molecular weight excluding hydrogens is 360 g/mol. The molecule has 2 heterocycles. The summed E-state index contributed by atoms with van der Waals surface area (Å²) < 4.78 is 51.6. The molecule has 0 saturated carbocycles. The van der Waals surface area contributed by atoms with E-state index in [9.17, 15) is 22.4 Å². The zero-order valence-corrected chi connectivity index (χ0v) is 13.0. The molecule has 0 saturated heterocycles. The smallest absolute Gasteiger partial charge is 0.304 e. The molecule has 1 aromatic carbocycles. The average molecular weight is 368 g/mol. The van der Waals surface area contributed by atoms with Gasteiger partial charge in [0.2, 0.25) is 0 Å². The fraction of sp³-hybridized carbons (Fsp3) is 0.0667. The minimum Gasteiger partial charge on any atom is -0.304 e. The second kappa shape index (κ2) is 6.55. The van der Waals surface area contributed by atoms with E-state index in [0.29, 0.717) is 6.07 Å². The summed E-state index contributed by atoms with van der Waals surface area (Å²) in [6, 6.07) is 4.85. The van der Waals surface area contributed by atoms with Gasteiger partial charge in [0, 0.05) is 10.9 Å². The van der Waals surface area contributed by atoms with Crippen molar-refractivity contribution in [2.75, 3.05) is 5.32 Å². The summed E-state index contributed by atoms with van der Waals surface area (Å²) >= 11 is 1.25. The van der Waals surface area contributed by atoms with Gasteiger partial charge in [0.1, 0.15) is 11.5 Å². The molecule has 0 unspecified atom stereocenters. The molecule has 0 fully saturated rings. The topological polar surface area (TPSA) is 67.8 Å². The van der Waals surface area contributed by atoms with Crippen LogP contribution in [-0.2, 0) is 6.18 Å². The number of nitrogens with zero attached hydrogens (tertiary/aromatic N) is 3. The van der Waals surface area contributed by atoms with Crippen LogP contribution in [0.5, 0.6) is 0 Å². The molecule has 25 heavy (non-hydrogen) atoms. The third-order valence-corrected chi connectivity index (χ3v) is 3.73. The number of thiazole rings is 1. The predicted molar refractivity (Wildman–Crippen MR) is 82.5 cm³/mol. The highest BCUT2D eigenvalue weighted by molar-refractivity contribution is 7.07. The molecule has 3 rings (SSSR count). The number of anilines is 1. The van der Waals surface area contributed by atoms with E-state index in [2.05, 4.69) is 20.5 Å². The van der Waals surface area contributed by atoms with Gasteiger partial charge >= 0.3 is 6.18 Å². The van der Waals surface area contributed by atoms with Gasteiger partial charge in [-0.15, -0.1) is 21.5 Å². The molecule has 128 valence electrons. The molecule has 0 aliphatic carbocycles. The molecule has 0 bridgehead atoms. The maximum atomic E-state index is 13.9. The summed E-state index contributed by atoms with van der Waals surface area (Å²) in [5.74, 6) is -1.44. The Morgan fingerprint density at radius 3 is 2.48 bits per heavy atom. The van der Waals surface area contributed by atoms with Gasteiger partial charge in [0.25, 0.3) is 5.91 Å². The third-order valence-electron chi connectivity index (χ3n) is 3.14. The molecule has 0 atom stereocenters. The Bertz CT molecular complexity index is 895. The fourth-order valence-corrected chi connectivity index (χ4v) is 2.48. The number of carbonyl (C=O) groups excluding carboxylic acids is 1.